The molecule has 0 spiro atoms. The van der Waals surface area contributed by atoms with E-state index in [1.807, 2.05) is 17.8 Å². The van der Waals surface area contributed by atoms with E-state index in [9.17, 15) is 0 Å². The van der Waals surface area contributed by atoms with Crippen molar-refractivity contribution in [3.05, 3.63) is 140 Å². The molecule has 0 saturated carbocycles. The molecular weight excluding hydrogens is 571 g/mol. The van der Waals surface area contributed by atoms with Crippen LogP contribution in [0.3, 0.4) is 0 Å². The zero-order valence-electron chi connectivity index (χ0n) is 24.0. The van der Waals surface area contributed by atoms with E-state index in [2.05, 4.69) is 136 Å². The number of hydrogen-bond acceptors (Lipinski definition) is 6. The third-order valence-electron chi connectivity index (χ3n) is 8.98. The molecule has 0 aliphatic carbocycles. The quantitative estimate of drug-likeness (QED) is 0.189. The van der Waals surface area contributed by atoms with Crippen LogP contribution in [-0.2, 0) is 0 Å². The summed E-state index contributed by atoms with van der Waals surface area (Å²) in [6, 6.07) is 45.1. The fourth-order valence-corrected chi connectivity index (χ4v) is 8.36. The number of anilines is 6. The normalized spacial score (nSPS) is 13.7. The van der Waals surface area contributed by atoms with Crippen LogP contribution in [0.5, 0.6) is 11.5 Å². The van der Waals surface area contributed by atoms with Crippen molar-refractivity contribution in [3.63, 3.8) is 0 Å². The summed E-state index contributed by atoms with van der Waals surface area (Å²) < 4.78 is 6.86. The molecule has 0 saturated heterocycles. The fraction of sp³-hybridized carbons (Fsp3) is 0. The van der Waals surface area contributed by atoms with Crippen molar-refractivity contribution in [3.8, 4) is 11.5 Å². The van der Waals surface area contributed by atoms with Gasteiger partial charge in [0.1, 0.15) is 17.0 Å². The molecule has 45 heavy (non-hydrogen) atoms. The molecule has 5 nitrogen and oxygen atoms in total. The molecule has 0 atom stereocenters. The van der Waals surface area contributed by atoms with E-state index < -0.39 is 0 Å². The van der Waals surface area contributed by atoms with Crippen LogP contribution < -0.4 is 30.9 Å². The lowest BCUT2D eigenvalue weighted by molar-refractivity contribution is 0.487. The lowest BCUT2D eigenvalue weighted by Crippen LogP contribution is -2.59. The number of benzene rings is 6. The zero-order valence-corrected chi connectivity index (χ0v) is 24.8. The van der Waals surface area contributed by atoms with Crippen LogP contribution in [0.4, 0.5) is 34.1 Å². The number of para-hydroxylation sites is 5. The first-order valence-electron chi connectivity index (χ1n) is 15.0. The Morgan fingerprint density at radius 3 is 2.22 bits per heavy atom. The van der Waals surface area contributed by atoms with Crippen molar-refractivity contribution >= 4 is 80.0 Å². The average molecular weight is 595 g/mol. The molecule has 1 aromatic heterocycles. The molecule has 4 heterocycles. The average Bonchev–Trinajstić information content (AvgIpc) is 3.10. The maximum absolute atomic E-state index is 6.86. The molecule has 0 N–H and O–H groups in total. The highest BCUT2D eigenvalue weighted by Crippen LogP contribution is 2.58. The van der Waals surface area contributed by atoms with Gasteiger partial charge in [-0.25, -0.2) is 0 Å². The Kier molecular flexibility index (Phi) is 5.24. The third kappa shape index (κ3) is 3.53. The van der Waals surface area contributed by atoms with Gasteiger partial charge in [0.25, 0.3) is 6.71 Å². The van der Waals surface area contributed by atoms with Gasteiger partial charge in [-0.15, -0.1) is 0 Å². The van der Waals surface area contributed by atoms with E-state index in [-0.39, 0.29) is 6.71 Å². The van der Waals surface area contributed by atoms with Crippen LogP contribution in [0.1, 0.15) is 0 Å². The molecule has 0 radical (unpaired) electrons. The first-order chi connectivity index (χ1) is 22.3. The number of hydrogen-bond donors (Lipinski definition) is 0. The Hall–Kier alpha value is -5.53. The van der Waals surface area contributed by atoms with Gasteiger partial charge < -0.3 is 14.5 Å². The van der Waals surface area contributed by atoms with Crippen LogP contribution in [0, 0.1) is 0 Å². The Labute approximate surface area is 264 Å². The van der Waals surface area contributed by atoms with E-state index in [0.717, 1.165) is 51.0 Å². The minimum absolute atomic E-state index is 0.0380. The second kappa shape index (κ2) is 9.49. The third-order valence-corrected chi connectivity index (χ3v) is 10.2. The summed E-state index contributed by atoms with van der Waals surface area (Å²) in [7, 11) is 0. The molecular formula is C38H23BN4OS. The van der Waals surface area contributed by atoms with Crippen LogP contribution in [-0.4, -0.2) is 16.7 Å². The molecule has 6 aromatic carbocycles. The van der Waals surface area contributed by atoms with E-state index in [4.69, 9.17) is 9.72 Å². The van der Waals surface area contributed by atoms with Crippen molar-refractivity contribution in [2.24, 2.45) is 0 Å². The van der Waals surface area contributed by atoms with Gasteiger partial charge >= 0.3 is 0 Å². The summed E-state index contributed by atoms with van der Waals surface area (Å²) in [5.41, 5.74) is 12.0. The highest BCUT2D eigenvalue weighted by molar-refractivity contribution is 8.00. The fourth-order valence-electron chi connectivity index (χ4n) is 7.18. The van der Waals surface area contributed by atoms with Crippen molar-refractivity contribution in [1.82, 2.24) is 9.97 Å². The van der Waals surface area contributed by atoms with Crippen LogP contribution in [0.25, 0.3) is 11.0 Å². The first-order valence-corrected chi connectivity index (χ1v) is 15.9. The maximum Gasteiger partial charge on any atom is 0.256 e. The molecule has 0 fully saturated rings. The number of aromatic nitrogens is 2. The second-order valence-electron chi connectivity index (χ2n) is 11.4. The largest absolute Gasteiger partial charge is 0.458 e. The SMILES string of the molecule is c1ccc(N2c3ccccc3B3c4ccccc4Oc4cc5c(c2c43)Sc2ccccc2N5c2cccc3nccnc23)cc1. The van der Waals surface area contributed by atoms with Crippen molar-refractivity contribution in [1.29, 1.82) is 0 Å². The number of fused-ring (bicyclic) bond motifs is 8. The minimum Gasteiger partial charge on any atom is -0.458 e. The summed E-state index contributed by atoms with van der Waals surface area (Å²) in [6.45, 7) is 0.0380. The van der Waals surface area contributed by atoms with E-state index in [1.54, 1.807) is 12.4 Å². The lowest BCUT2D eigenvalue weighted by Gasteiger charge is -2.43. The van der Waals surface area contributed by atoms with Crippen LogP contribution >= 0.6 is 11.8 Å². The molecule has 7 aromatic rings. The van der Waals surface area contributed by atoms with Gasteiger partial charge in [-0.05, 0) is 64.9 Å². The second-order valence-corrected chi connectivity index (χ2v) is 12.4. The summed E-state index contributed by atoms with van der Waals surface area (Å²) in [5, 5.41) is 0. The van der Waals surface area contributed by atoms with Crippen molar-refractivity contribution in [2.75, 3.05) is 9.80 Å². The molecule has 3 aliphatic rings. The van der Waals surface area contributed by atoms with E-state index in [1.165, 1.54) is 31.9 Å². The smallest absolute Gasteiger partial charge is 0.256 e. The van der Waals surface area contributed by atoms with Gasteiger partial charge in [-0.1, -0.05) is 84.6 Å². The van der Waals surface area contributed by atoms with Gasteiger partial charge in [-0.2, -0.15) is 0 Å². The molecule has 0 amide bonds. The molecule has 10 rings (SSSR count). The number of nitrogens with zero attached hydrogens (tertiary/aromatic N) is 4. The van der Waals surface area contributed by atoms with Crippen molar-refractivity contribution < 1.29 is 4.74 Å². The van der Waals surface area contributed by atoms with Gasteiger partial charge in [0, 0.05) is 34.7 Å². The number of rotatable bonds is 2. The van der Waals surface area contributed by atoms with Gasteiger partial charge in [0.05, 0.1) is 33.2 Å². The number of ether oxygens (including phenoxy) is 1. The Morgan fingerprint density at radius 1 is 0.578 bits per heavy atom. The highest BCUT2D eigenvalue weighted by atomic mass is 32.2. The topological polar surface area (TPSA) is 41.5 Å². The lowest BCUT2D eigenvalue weighted by atomic mass is 9.34. The molecule has 0 unspecified atom stereocenters. The molecule has 0 bridgehead atoms. The zero-order chi connectivity index (χ0) is 29.5. The summed E-state index contributed by atoms with van der Waals surface area (Å²) >= 11 is 1.83. The highest BCUT2D eigenvalue weighted by Gasteiger charge is 2.45. The predicted molar refractivity (Wildman–Crippen MR) is 184 cm³/mol. The van der Waals surface area contributed by atoms with Crippen molar-refractivity contribution in [2.45, 2.75) is 9.79 Å². The van der Waals surface area contributed by atoms with E-state index in [0.29, 0.717) is 0 Å². The van der Waals surface area contributed by atoms with E-state index >= 15 is 0 Å². The Morgan fingerprint density at radius 2 is 1.31 bits per heavy atom. The maximum atomic E-state index is 6.86. The first kappa shape index (κ1) is 24.9. The monoisotopic (exact) mass is 594 g/mol. The summed E-state index contributed by atoms with van der Waals surface area (Å²) in [6.07, 6.45) is 3.52. The van der Waals surface area contributed by atoms with Crippen LogP contribution in [0.2, 0.25) is 0 Å². The van der Waals surface area contributed by atoms with Gasteiger partial charge in [0.15, 0.2) is 0 Å². The Balaban J connectivity index is 1.34. The minimum atomic E-state index is 0.0380. The summed E-state index contributed by atoms with van der Waals surface area (Å²) in [5.74, 6) is 1.77. The molecule has 3 aliphatic heterocycles. The van der Waals surface area contributed by atoms with Gasteiger partial charge in [-0.3, -0.25) is 9.97 Å². The Bertz CT molecular complexity index is 2320. The standard InChI is InChI=1S/C38H23BN4OS/c1-2-11-24(12-3-1)42-28-16-6-4-13-25(28)39-26-14-5-8-19-32(26)44-33-23-31-38(37(42)35(33)39)45-34-20-9-7-17-29(34)43(31)30-18-10-15-27-36(30)41-22-21-40-27/h1-23H. The molecule has 210 valence electrons. The predicted octanol–water partition coefficient (Wildman–Crippen LogP) is 7.97. The molecule has 7 heteroatoms. The van der Waals surface area contributed by atoms with Crippen LogP contribution in [0.15, 0.2) is 150 Å². The van der Waals surface area contributed by atoms with Gasteiger partial charge in [0.2, 0.25) is 0 Å². The summed E-state index contributed by atoms with van der Waals surface area (Å²) in [4.78, 5) is 16.6.